The van der Waals surface area contributed by atoms with E-state index in [4.69, 9.17) is 11.6 Å². The van der Waals surface area contributed by atoms with Gasteiger partial charge in [0.2, 0.25) is 0 Å². The number of sulfonamides is 1. The van der Waals surface area contributed by atoms with E-state index in [0.29, 0.717) is 9.50 Å². The minimum Gasteiger partial charge on any atom is -0.294 e. The van der Waals surface area contributed by atoms with E-state index in [9.17, 15) is 13.2 Å². The summed E-state index contributed by atoms with van der Waals surface area (Å²) in [6.07, 6.45) is 0. The minimum atomic E-state index is -3.78. The van der Waals surface area contributed by atoms with E-state index in [1.807, 2.05) is 6.92 Å². The molecule has 0 radical (unpaired) electrons. The Hall–Kier alpha value is -1.37. The van der Waals surface area contributed by atoms with Crippen molar-refractivity contribution in [3.63, 3.8) is 0 Å². The van der Waals surface area contributed by atoms with Gasteiger partial charge < -0.3 is 0 Å². The van der Waals surface area contributed by atoms with Crippen molar-refractivity contribution in [3.05, 3.63) is 57.0 Å². The van der Waals surface area contributed by atoms with E-state index in [2.05, 4.69) is 20.7 Å². The highest BCUT2D eigenvalue weighted by atomic mass is 79.9. The molecule has 0 saturated heterocycles. The van der Waals surface area contributed by atoms with Gasteiger partial charge in [-0.3, -0.25) is 9.52 Å². The fourth-order valence-electron chi connectivity index (χ4n) is 1.84. The molecule has 2 aromatic rings. The van der Waals surface area contributed by atoms with Gasteiger partial charge in [0.25, 0.3) is 10.0 Å². The molecule has 4 nitrogen and oxygen atoms in total. The molecule has 0 aliphatic heterocycles. The summed E-state index contributed by atoms with van der Waals surface area (Å²) >= 11 is 9.18. The second-order valence-corrected chi connectivity index (χ2v) is 7.73. The van der Waals surface area contributed by atoms with E-state index in [1.54, 1.807) is 12.1 Å². The van der Waals surface area contributed by atoms with E-state index in [1.165, 1.54) is 31.2 Å². The van der Waals surface area contributed by atoms with Crippen molar-refractivity contribution < 1.29 is 13.2 Å². The Morgan fingerprint density at radius 1 is 1.18 bits per heavy atom. The smallest absolute Gasteiger partial charge is 0.261 e. The second kappa shape index (κ2) is 6.40. The normalized spacial score (nSPS) is 11.3. The third-order valence-corrected chi connectivity index (χ3v) is 5.59. The summed E-state index contributed by atoms with van der Waals surface area (Å²) in [5, 5.41) is 0.337. The molecule has 0 spiro atoms. The van der Waals surface area contributed by atoms with Crippen LogP contribution in [0.25, 0.3) is 0 Å². The van der Waals surface area contributed by atoms with Crippen LogP contribution in [-0.4, -0.2) is 14.2 Å². The van der Waals surface area contributed by atoms with Crippen LogP contribution < -0.4 is 4.72 Å². The fraction of sp³-hybridized carbons (Fsp3) is 0.133. The average Bonchev–Trinajstić information content (AvgIpc) is 2.42. The number of ketones is 1. The third kappa shape index (κ3) is 3.69. The van der Waals surface area contributed by atoms with Crippen molar-refractivity contribution in [2.24, 2.45) is 0 Å². The molecule has 0 bridgehead atoms. The number of hydrogen-bond acceptors (Lipinski definition) is 3. The highest BCUT2D eigenvalue weighted by Crippen LogP contribution is 2.31. The number of anilines is 1. The Balaban J connectivity index is 2.47. The molecule has 22 heavy (non-hydrogen) atoms. The molecule has 1 N–H and O–H groups in total. The number of halogens is 2. The minimum absolute atomic E-state index is 0.124. The van der Waals surface area contributed by atoms with Crippen LogP contribution in [0.15, 0.2) is 45.8 Å². The molecule has 0 aliphatic carbocycles. The van der Waals surface area contributed by atoms with Gasteiger partial charge in [-0.2, -0.15) is 0 Å². The number of aryl methyl sites for hydroxylation is 1. The molecule has 0 heterocycles. The number of rotatable bonds is 4. The zero-order chi connectivity index (χ0) is 16.5. The number of carbonyl (C=O) groups is 1. The van der Waals surface area contributed by atoms with E-state index in [-0.39, 0.29) is 21.9 Å². The standard InChI is InChI=1S/C15H13BrClNO3S/c1-9-3-5-11(6-4-9)22(20,21)18-15-8-13(16)14(17)7-12(15)10(2)19/h3-8,18H,1-2H3. The van der Waals surface area contributed by atoms with Crippen molar-refractivity contribution in [2.45, 2.75) is 18.7 Å². The van der Waals surface area contributed by atoms with Crippen molar-refractivity contribution in [1.29, 1.82) is 0 Å². The van der Waals surface area contributed by atoms with Gasteiger partial charge in [-0.1, -0.05) is 29.3 Å². The molecule has 0 aromatic heterocycles. The second-order valence-electron chi connectivity index (χ2n) is 4.79. The molecule has 2 rings (SSSR count). The first-order chi connectivity index (χ1) is 10.2. The van der Waals surface area contributed by atoms with Crippen LogP contribution >= 0.6 is 27.5 Å². The molecular weight excluding hydrogens is 390 g/mol. The first kappa shape index (κ1) is 17.0. The summed E-state index contributed by atoms with van der Waals surface area (Å²) in [5.74, 6) is -0.281. The molecular formula is C15H13BrClNO3S. The number of carbonyl (C=O) groups excluding carboxylic acids is 1. The van der Waals surface area contributed by atoms with Crippen molar-refractivity contribution in [2.75, 3.05) is 4.72 Å². The first-order valence-corrected chi connectivity index (χ1v) is 8.95. The van der Waals surface area contributed by atoms with Crippen LogP contribution in [0, 0.1) is 6.92 Å². The predicted octanol–water partition coefficient (Wildman–Crippen LogP) is 4.41. The Morgan fingerprint density at radius 2 is 1.77 bits per heavy atom. The molecule has 0 aliphatic rings. The van der Waals surface area contributed by atoms with Gasteiger partial charge in [0.05, 0.1) is 15.6 Å². The number of Topliss-reactive ketones (excluding diaryl/α,β-unsaturated/α-hetero) is 1. The maximum absolute atomic E-state index is 12.4. The summed E-state index contributed by atoms with van der Waals surface area (Å²) in [4.78, 5) is 11.8. The first-order valence-electron chi connectivity index (χ1n) is 6.30. The van der Waals surface area contributed by atoms with Crippen LogP contribution in [0.5, 0.6) is 0 Å². The predicted molar refractivity (Wildman–Crippen MR) is 91.1 cm³/mol. The van der Waals surface area contributed by atoms with Gasteiger partial charge in [0, 0.05) is 10.0 Å². The van der Waals surface area contributed by atoms with Crippen LogP contribution in [0.4, 0.5) is 5.69 Å². The number of hydrogen-bond donors (Lipinski definition) is 1. The molecule has 7 heteroatoms. The van der Waals surface area contributed by atoms with E-state index < -0.39 is 10.0 Å². The molecule has 0 saturated carbocycles. The Morgan fingerprint density at radius 3 is 2.32 bits per heavy atom. The summed E-state index contributed by atoms with van der Waals surface area (Å²) in [6.45, 7) is 3.22. The Labute approximate surface area is 142 Å². The van der Waals surface area contributed by atoms with Gasteiger partial charge in [-0.15, -0.1) is 0 Å². The van der Waals surface area contributed by atoms with Crippen LogP contribution in [0.2, 0.25) is 5.02 Å². The fourth-order valence-corrected chi connectivity index (χ4v) is 3.42. The summed E-state index contributed by atoms with van der Waals surface area (Å²) in [5.41, 5.74) is 1.35. The monoisotopic (exact) mass is 401 g/mol. The maximum atomic E-state index is 12.4. The lowest BCUT2D eigenvalue weighted by Gasteiger charge is -2.13. The Bertz CT molecular complexity index is 833. The van der Waals surface area contributed by atoms with Gasteiger partial charge in [-0.25, -0.2) is 8.42 Å². The molecule has 0 atom stereocenters. The average molecular weight is 403 g/mol. The lowest BCUT2D eigenvalue weighted by Crippen LogP contribution is -2.15. The zero-order valence-corrected chi connectivity index (χ0v) is 15.0. The Kier molecular flexibility index (Phi) is 4.94. The number of nitrogens with one attached hydrogen (secondary N) is 1. The van der Waals surface area contributed by atoms with Gasteiger partial charge >= 0.3 is 0 Å². The summed E-state index contributed by atoms with van der Waals surface area (Å²) in [6, 6.07) is 9.34. The van der Waals surface area contributed by atoms with Crippen molar-refractivity contribution in [3.8, 4) is 0 Å². The summed E-state index contributed by atoms with van der Waals surface area (Å²) in [7, 11) is -3.78. The highest BCUT2D eigenvalue weighted by molar-refractivity contribution is 9.10. The van der Waals surface area contributed by atoms with Crippen molar-refractivity contribution in [1.82, 2.24) is 0 Å². The van der Waals surface area contributed by atoms with Crippen LogP contribution in [-0.2, 0) is 10.0 Å². The lowest BCUT2D eigenvalue weighted by atomic mass is 10.1. The lowest BCUT2D eigenvalue weighted by molar-refractivity contribution is 0.101. The van der Waals surface area contributed by atoms with Gasteiger partial charge in [0.1, 0.15) is 0 Å². The van der Waals surface area contributed by atoms with E-state index in [0.717, 1.165) is 5.56 Å². The third-order valence-electron chi connectivity index (χ3n) is 3.02. The van der Waals surface area contributed by atoms with Crippen LogP contribution in [0.3, 0.4) is 0 Å². The number of benzene rings is 2. The highest BCUT2D eigenvalue weighted by Gasteiger charge is 2.18. The SMILES string of the molecule is CC(=O)c1cc(Cl)c(Br)cc1NS(=O)(=O)c1ccc(C)cc1. The maximum Gasteiger partial charge on any atom is 0.261 e. The van der Waals surface area contributed by atoms with Crippen LogP contribution in [0.1, 0.15) is 22.8 Å². The van der Waals surface area contributed by atoms with Gasteiger partial charge in [0.15, 0.2) is 5.78 Å². The quantitative estimate of drug-likeness (QED) is 0.770. The molecule has 0 unspecified atom stereocenters. The van der Waals surface area contributed by atoms with Crippen molar-refractivity contribution >= 4 is 49.0 Å². The van der Waals surface area contributed by atoms with E-state index >= 15 is 0 Å². The molecule has 116 valence electrons. The molecule has 0 amide bonds. The largest absolute Gasteiger partial charge is 0.294 e. The molecule has 2 aromatic carbocycles. The zero-order valence-electron chi connectivity index (χ0n) is 11.9. The summed E-state index contributed by atoms with van der Waals surface area (Å²) < 4.78 is 27.8. The van der Waals surface area contributed by atoms with Gasteiger partial charge in [-0.05, 0) is 54.0 Å². The topological polar surface area (TPSA) is 63.2 Å². The molecule has 0 fully saturated rings.